The third-order valence-electron chi connectivity index (χ3n) is 3.17. The van der Waals surface area contributed by atoms with Crippen LogP contribution < -0.4 is 5.73 Å². The molecule has 3 N–H and O–H groups in total. The van der Waals surface area contributed by atoms with Gasteiger partial charge in [-0.25, -0.2) is 8.78 Å². The topological polar surface area (TPSA) is 66.6 Å². The Morgan fingerprint density at radius 3 is 2.83 bits per heavy atom. The van der Waals surface area contributed by atoms with Crippen molar-refractivity contribution in [1.29, 1.82) is 0 Å². The number of nitrogen functional groups attached to an aromatic ring is 1. The lowest BCUT2D eigenvalue weighted by Gasteiger charge is -2.17. The van der Waals surface area contributed by atoms with Crippen LogP contribution in [0.3, 0.4) is 0 Å². The summed E-state index contributed by atoms with van der Waals surface area (Å²) in [5.74, 6) is -2.68. The largest absolute Gasteiger partial charge is 0.396 e. The number of likely N-dealkylation sites (tertiary alicyclic amines) is 1. The van der Waals surface area contributed by atoms with E-state index in [1.807, 2.05) is 0 Å². The lowest BCUT2D eigenvalue weighted by atomic mass is 10.1. The molecule has 1 atom stereocenters. The predicted octanol–water partition coefficient (Wildman–Crippen LogP) is 1.00. The van der Waals surface area contributed by atoms with E-state index in [0.717, 1.165) is 12.1 Å². The van der Waals surface area contributed by atoms with Gasteiger partial charge in [0, 0.05) is 25.6 Å². The van der Waals surface area contributed by atoms with E-state index in [4.69, 9.17) is 10.8 Å². The molecule has 1 aromatic rings. The van der Waals surface area contributed by atoms with Gasteiger partial charge in [-0.1, -0.05) is 0 Å². The molecule has 2 rings (SSSR count). The number of nitrogens with zero attached hydrogens (tertiary/aromatic N) is 1. The van der Waals surface area contributed by atoms with Gasteiger partial charge in [0.15, 0.2) is 5.82 Å². The highest BCUT2D eigenvalue weighted by Gasteiger charge is 2.30. The highest BCUT2D eigenvalue weighted by Crippen LogP contribution is 2.23. The molecule has 6 heteroatoms. The van der Waals surface area contributed by atoms with Gasteiger partial charge in [0.25, 0.3) is 5.91 Å². The molecule has 0 radical (unpaired) electrons. The molecule has 1 unspecified atom stereocenters. The van der Waals surface area contributed by atoms with Crippen LogP contribution in [0.25, 0.3) is 0 Å². The third-order valence-corrected chi connectivity index (χ3v) is 3.17. The van der Waals surface area contributed by atoms with Crippen molar-refractivity contribution in [2.45, 2.75) is 6.42 Å². The molecular weight excluding hydrogens is 242 g/mol. The van der Waals surface area contributed by atoms with E-state index in [0.29, 0.717) is 19.5 Å². The van der Waals surface area contributed by atoms with E-state index in [2.05, 4.69) is 0 Å². The smallest absolute Gasteiger partial charge is 0.259 e. The highest BCUT2D eigenvalue weighted by molar-refractivity contribution is 5.95. The lowest BCUT2D eigenvalue weighted by Crippen LogP contribution is -2.30. The molecule has 1 aromatic carbocycles. The fourth-order valence-electron chi connectivity index (χ4n) is 2.09. The molecule has 1 fully saturated rings. The molecule has 4 nitrogen and oxygen atoms in total. The van der Waals surface area contributed by atoms with Gasteiger partial charge >= 0.3 is 0 Å². The highest BCUT2D eigenvalue weighted by atomic mass is 19.1. The van der Waals surface area contributed by atoms with Crippen LogP contribution in [-0.2, 0) is 0 Å². The number of aliphatic hydroxyl groups excluding tert-OH is 1. The Labute approximate surface area is 103 Å². The van der Waals surface area contributed by atoms with Crippen LogP contribution in [0.4, 0.5) is 14.5 Å². The van der Waals surface area contributed by atoms with E-state index < -0.39 is 23.1 Å². The van der Waals surface area contributed by atoms with Crippen molar-refractivity contribution in [3.05, 3.63) is 29.3 Å². The van der Waals surface area contributed by atoms with Crippen LogP contribution in [-0.4, -0.2) is 35.6 Å². The second-order valence-corrected chi connectivity index (χ2v) is 4.41. The first kappa shape index (κ1) is 12.8. The summed E-state index contributed by atoms with van der Waals surface area (Å²) in [7, 11) is 0. The van der Waals surface area contributed by atoms with Gasteiger partial charge in [-0.15, -0.1) is 0 Å². The lowest BCUT2D eigenvalue weighted by molar-refractivity contribution is 0.0772. The summed E-state index contributed by atoms with van der Waals surface area (Å²) in [5, 5.41) is 8.98. The van der Waals surface area contributed by atoms with Crippen LogP contribution >= 0.6 is 0 Å². The number of benzene rings is 1. The number of carbonyl (C=O) groups is 1. The Morgan fingerprint density at radius 2 is 2.22 bits per heavy atom. The molecule has 1 saturated heterocycles. The second-order valence-electron chi connectivity index (χ2n) is 4.41. The molecule has 1 aliphatic rings. The van der Waals surface area contributed by atoms with Crippen molar-refractivity contribution in [1.82, 2.24) is 4.90 Å². The van der Waals surface area contributed by atoms with Gasteiger partial charge in [-0.2, -0.15) is 0 Å². The maximum absolute atomic E-state index is 13.7. The first-order valence-corrected chi connectivity index (χ1v) is 5.68. The van der Waals surface area contributed by atoms with E-state index in [1.165, 1.54) is 4.90 Å². The van der Waals surface area contributed by atoms with Crippen LogP contribution in [0.2, 0.25) is 0 Å². The van der Waals surface area contributed by atoms with Crippen LogP contribution in [0.1, 0.15) is 16.8 Å². The number of nitrogens with two attached hydrogens (primary N) is 1. The number of rotatable bonds is 2. The van der Waals surface area contributed by atoms with Crippen LogP contribution in [0.15, 0.2) is 12.1 Å². The van der Waals surface area contributed by atoms with Gasteiger partial charge in [-0.05, 0) is 18.6 Å². The fraction of sp³-hybridized carbons (Fsp3) is 0.417. The minimum Gasteiger partial charge on any atom is -0.396 e. The monoisotopic (exact) mass is 256 g/mol. The van der Waals surface area contributed by atoms with E-state index in [1.54, 1.807) is 0 Å². The summed E-state index contributed by atoms with van der Waals surface area (Å²) < 4.78 is 27.2. The summed E-state index contributed by atoms with van der Waals surface area (Å²) in [6, 6.07) is 2.06. The number of aliphatic hydroxyl groups is 1. The van der Waals surface area contributed by atoms with Crippen molar-refractivity contribution in [3.8, 4) is 0 Å². The first-order chi connectivity index (χ1) is 8.54. The number of anilines is 1. The van der Waals surface area contributed by atoms with Gasteiger partial charge in [0.1, 0.15) is 11.4 Å². The zero-order valence-corrected chi connectivity index (χ0v) is 9.70. The number of amides is 1. The van der Waals surface area contributed by atoms with Crippen molar-refractivity contribution in [3.63, 3.8) is 0 Å². The van der Waals surface area contributed by atoms with Gasteiger partial charge in [0.2, 0.25) is 0 Å². The zero-order valence-electron chi connectivity index (χ0n) is 9.70. The number of halogens is 2. The fourth-order valence-corrected chi connectivity index (χ4v) is 2.09. The third kappa shape index (κ3) is 2.15. The molecule has 0 bridgehead atoms. The molecule has 1 aliphatic heterocycles. The Kier molecular flexibility index (Phi) is 3.47. The van der Waals surface area contributed by atoms with Gasteiger partial charge < -0.3 is 15.7 Å². The quantitative estimate of drug-likeness (QED) is 0.776. The summed E-state index contributed by atoms with van der Waals surface area (Å²) in [6.07, 6.45) is 0.633. The molecule has 0 spiro atoms. The SMILES string of the molecule is Nc1ccc(F)c(C(=O)N2CCC(CO)C2)c1F. The Hall–Kier alpha value is -1.69. The maximum Gasteiger partial charge on any atom is 0.259 e. The van der Waals surface area contributed by atoms with Crippen LogP contribution in [0.5, 0.6) is 0 Å². The normalized spacial score (nSPS) is 19.3. The first-order valence-electron chi connectivity index (χ1n) is 5.68. The predicted molar refractivity (Wildman–Crippen MR) is 61.9 cm³/mol. The minimum absolute atomic E-state index is 0.0267. The Balaban J connectivity index is 2.27. The minimum atomic E-state index is -1.02. The maximum atomic E-state index is 13.7. The van der Waals surface area contributed by atoms with Gasteiger partial charge in [0.05, 0.1) is 5.69 Å². The zero-order chi connectivity index (χ0) is 13.3. The summed E-state index contributed by atoms with van der Waals surface area (Å²) in [4.78, 5) is 13.3. The van der Waals surface area contributed by atoms with Crippen molar-refractivity contribution in [2.75, 3.05) is 25.4 Å². The summed E-state index contributed by atoms with van der Waals surface area (Å²) in [5.41, 5.74) is 4.46. The number of hydrogen-bond donors (Lipinski definition) is 2. The molecule has 1 amide bonds. The second kappa shape index (κ2) is 4.89. The number of hydrogen-bond acceptors (Lipinski definition) is 3. The van der Waals surface area contributed by atoms with Crippen molar-refractivity contribution in [2.24, 2.45) is 5.92 Å². The number of carbonyl (C=O) groups excluding carboxylic acids is 1. The summed E-state index contributed by atoms with van der Waals surface area (Å²) in [6.45, 7) is 0.659. The Morgan fingerprint density at radius 1 is 1.50 bits per heavy atom. The Bertz CT molecular complexity index is 479. The van der Waals surface area contributed by atoms with E-state index in [9.17, 15) is 13.6 Å². The molecule has 0 aliphatic carbocycles. The molecule has 0 aromatic heterocycles. The molecule has 18 heavy (non-hydrogen) atoms. The van der Waals surface area contributed by atoms with E-state index in [-0.39, 0.29) is 18.2 Å². The summed E-state index contributed by atoms with van der Waals surface area (Å²) >= 11 is 0. The molecule has 98 valence electrons. The van der Waals surface area contributed by atoms with Crippen molar-refractivity contribution >= 4 is 11.6 Å². The molecule has 1 heterocycles. The van der Waals surface area contributed by atoms with Crippen LogP contribution in [0, 0.1) is 17.6 Å². The molecule has 0 saturated carbocycles. The molecular formula is C12H14F2N2O2. The average molecular weight is 256 g/mol. The average Bonchev–Trinajstić information content (AvgIpc) is 2.83. The van der Waals surface area contributed by atoms with Crippen molar-refractivity contribution < 1.29 is 18.7 Å². The van der Waals surface area contributed by atoms with Gasteiger partial charge in [-0.3, -0.25) is 4.79 Å². The van der Waals surface area contributed by atoms with E-state index >= 15 is 0 Å². The standard InChI is InChI=1S/C12H14F2N2O2/c13-8-1-2-9(15)11(14)10(8)12(18)16-4-3-7(5-16)6-17/h1-2,7,17H,3-6,15H2.